The fourth-order valence-corrected chi connectivity index (χ4v) is 0.705. The lowest BCUT2D eigenvalue weighted by atomic mass is 10.3. The predicted octanol–water partition coefficient (Wildman–Crippen LogP) is -0.758. The van der Waals surface area contributed by atoms with E-state index >= 15 is 0 Å². The molecule has 0 aromatic carbocycles. The van der Waals surface area contributed by atoms with Gasteiger partial charge in [-0.1, -0.05) is 0 Å². The number of hydrogen-bond acceptors (Lipinski definition) is 3. The van der Waals surface area contributed by atoms with Crippen molar-refractivity contribution in [2.45, 2.75) is 6.92 Å². The van der Waals surface area contributed by atoms with E-state index in [0.717, 1.165) is 6.92 Å². The number of Topliss-reactive ketones (excluding diaryl/α,β-unsaturated/α-hetero) is 1. The topological polar surface area (TPSA) is 112 Å². The molecule has 2 N–H and O–H groups in total. The zero-order valence-corrected chi connectivity index (χ0v) is 6.37. The molecule has 7 heteroatoms. The summed E-state index contributed by atoms with van der Waals surface area (Å²) in [6, 6.07) is 0. The highest BCUT2D eigenvalue weighted by Crippen LogP contribution is 2.39. The summed E-state index contributed by atoms with van der Waals surface area (Å²) in [4.78, 5) is 36.6. The Bertz CT molecular complexity index is 227. The van der Waals surface area contributed by atoms with Crippen molar-refractivity contribution in [3.05, 3.63) is 6.10 Å². The van der Waals surface area contributed by atoms with Gasteiger partial charge in [-0.3, -0.25) is 14.2 Å². The van der Waals surface area contributed by atoms with Crippen LogP contribution in [0.5, 0.6) is 0 Å². The first-order valence-corrected chi connectivity index (χ1v) is 4.03. The van der Waals surface area contributed by atoms with Crippen LogP contribution in [0.15, 0.2) is 0 Å². The molecule has 0 aliphatic carbocycles. The van der Waals surface area contributed by atoms with Gasteiger partial charge >= 0.3 is 7.60 Å². The Balaban J connectivity index is 4.52. The minimum atomic E-state index is -5.08. The highest BCUT2D eigenvalue weighted by atomic mass is 31.2. The normalized spacial score (nSPS) is 11.7. The van der Waals surface area contributed by atoms with Gasteiger partial charge in [0.25, 0.3) is 11.6 Å². The number of carbonyl (C=O) groups is 2. The zero-order chi connectivity index (χ0) is 9.23. The third-order valence-electron chi connectivity index (χ3n) is 0.779. The van der Waals surface area contributed by atoms with E-state index in [-0.39, 0.29) is 0 Å². The van der Waals surface area contributed by atoms with Gasteiger partial charge in [-0.15, -0.1) is 0 Å². The van der Waals surface area contributed by atoms with Crippen LogP contribution in [0.2, 0.25) is 0 Å². The maximum atomic E-state index is 10.3. The lowest BCUT2D eigenvalue weighted by molar-refractivity contribution is -0.128. The summed E-state index contributed by atoms with van der Waals surface area (Å²) in [5, 5.41) is 10.3. The molecule has 62 valence electrons. The Morgan fingerprint density at radius 1 is 1.27 bits per heavy atom. The molecule has 0 spiro atoms. The molecule has 0 aromatic rings. The SMILES string of the molecule is CC(=O)[C]([O])C(=O)P(=O)(O)O. The minimum Gasteiger partial charge on any atom is -0.319 e. The molecule has 0 rings (SSSR count). The van der Waals surface area contributed by atoms with E-state index in [0.29, 0.717) is 0 Å². The lowest BCUT2D eigenvalue weighted by Crippen LogP contribution is -2.17. The van der Waals surface area contributed by atoms with Crippen LogP contribution < -0.4 is 0 Å². The monoisotopic (exact) mass is 180 g/mol. The summed E-state index contributed by atoms with van der Waals surface area (Å²) in [5.74, 6) is -1.18. The standard InChI is InChI=1S/C4H5O6P/c1-2(5)3(6)4(7)11(8,9)10/h1H3,(H2,8,9,10). The van der Waals surface area contributed by atoms with E-state index in [1.807, 2.05) is 0 Å². The second-order valence-corrected chi connectivity index (χ2v) is 3.23. The highest BCUT2D eigenvalue weighted by Gasteiger charge is 2.38. The van der Waals surface area contributed by atoms with Crippen molar-refractivity contribution >= 4 is 18.9 Å². The average Bonchev–Trinajstić information content (AvgIpc) is 1.82. The van der Waals surface area contributed by atoms with E-state index in [4.69, 9.17) is 9.79 Å². The molecule has 0 heterocycles. The van der Waals surface area contributed by atoms with Gasteiger partial charge in [0.1, 0.15) is 0 Å². The number of rotatable bonds is 3. The maximum Gasteiger partial charge on any atom is 0.395 e. The van der Waals surface area contributed by atoms with Crippen molar-refractivity contribution < 1.29 is 29.0 Å². The molecule has 0 aromatic heterocycles. The first-order chi connectivity index (χ1) is 4.76. The Morgan fingerprint density at radius 2 is 1.64 bits per heavy atom. The van der Waals surface area contributed by atoms with Crippen LogP contribution in [0.3, 0.4) is 0 Å². The van der Waals surface area contributed by atoms with Gasteiger partial charge in [0.05, 0.1) is 0 Å². The first kappa shape index (κ1) is 10.4. The van der Waals surface area contributed by atoms with Crippen LogP contribution in [0, 0.1) is 6.10 Å². The van der Waals surface area contributed by atoms with Crippen molar-refractivity contribution in [2.75, 3.05) is 0 Å². The van der Waals surface area contributed by atoms with Crippen LogP contribution in [0.1, 0.15) is 6.92 Å². The zero-order valence-electron chi connectivity index (χ0n) is 5.47. The molecule has 0 unspecified atom stereocenters. The Morgan fingerprint density at radius 3 is 1.73 bits per heavy atom. The largest absolute Gasteiger partial charge is 0.395 e. The molecular weight excluding hydrogens is 175 g/mol. The number of ketones is 1. The van der Waals surface area contributed by atoms with Gasteiger partial charge in [0, 0.05) is 0 Å². The molecule has 0 saturated carbocycles. The van der Waals surface area contributed by atoms with Gasteiger partial charge in [-0.25, -0.2) is 5.11 Å². The minimum absolute atomic E-state index is 0.760. The van der Waals surface area contributed by atoms with Crippen LogP contribution >= 0.6 is 7.60 Å². The van der Waals surface area contributed by atoms with Gasteiger partial charge < -0.3 is 9.79 Å². The molecule has 6 nitrogen and oxygen atoms in total. The summed E-state index contributed by atoms with van der Waals surface area (Å²) in [6.45, 7) is 0.760. The van der Waals surface area contributed by atoms with E-state index < -0.39 is 25.0 Å². The fourth-order valence-electron chi connectivity index (χ4n) is 0.283. The fraction of sp³-hybridized carbons (Fsp3) is 0.250. The van der Waals surface area contributed by atoms with Crippen LogP contribution in [-0.2, 0) is 19.3 Å². The Hall–Kier alpha value is -0.550. The number of hydrogen-bond donors (Lipinski definition) is 2. The molecular formula is C4H5O6P. The third kappa shape index (κ3) is 2.90. The second kappa shape index (κ2) is 3.23. The maximum absolute atomic E-state index is 10.3. The average molecular weight is 180 g/mol. The van der Waals surface area contributed by atoms with Gasteiger partial charge in [-0.05, 0) is 6.92 Å². The third-order valence-corrected chi connectivity index (χ3v) is 1.51. The second-order valence-electron chi connectivity index (χ2n) is 1.73. The van der Waals surface area contributed by atoms with Crippen LogP contribution in [0.25, 0.3) is 0 Å². The van der Waals surface area contributed by atoms with E-state index in [1.165, 1.54) is 0 Å². The van der Waals surface area contributed by atoms with Crippen molar-refractivity contribution in [1.29, 1.82) is 0 Å². The summed E-state index contributed by atoms with van der Waals surface area (Å²) >= 11 is 0. The van der Waals surface area contributed by atoms with Crippen molar-refractivity contribution in [2.24, 2.45) is 0 Å². The lowest BCUT2D eigenvalue weighted by Gasteiger charge is -2.02. The first-order valence-electron chi connectivity index (χ1n) is 2.42. The van der Waals surface area contributed by atoms with Gasteiger partial charge in [0.15, 0.2) is 5.78 Å². The summed E-state index contributed by atoms with van der Waals surface area (Å²) < 4.78 is 10.0. The molecule has 0 bridgehead atoms. The molecule has 0 saturated heterocycles. The molecule has 11 heavy (non-hydrogen) atoms. The molecule has 0 amide bonds. The Kier molecular flexibility index (Phi) is 3.07. The summed E-state index contributed by atoms with van der Waals surface area (Å²) in [5.41, 5.74) is -1.95. The molecule has 0 aliphatic heterocycles. The van der Waals surface area contributed by atoms with E-state index in [1.54, 1.807) is 0 Å². The van der Waals surface area contributed by atoms with E-state index in [9.17, 15) is 19.3 Å². The van der Waals surface area contributed by atoms with Crippen molar-refractivity contribution in [1.82, 2.24) is 0 Å². The molecule has 0 aliphatic rings. The van der Waals surface area contributed by atoms with Crippen molar-refractivity contribution in [3.63, 3.8) is 0 Å². The summed E-state index contributed by atoms with van der Waals surface area (Å²) in [7, 11) is -5.08. The highest BCUT2D eigenvalue weighted by molar-refractivity contribution is 7.70. The quantitative estimate of drug-likeness (QED) is 0.438. The van der Waals surface area contributed by atoms with Gasteiger partial charge in [-0.2, -0.15) is 0 Å². The predicted molar refractivity (Wildman–Crippen MR) is 31.7 cm³/mol. The molecule has 2 radical (unpaired) electrons. The summed E-state index contributed by atoms with van der Waals surface area (Å²) in [6.07, 6.45) is -1.67. The Labute approximate surface area is 62.0 Å². The molecule has 0 fully saturated rings. The van der Waals surface area contributed by atoms with Crippen LogP contribution in [0.4, 0.5) is 0 Å². The van der Waals surface area contributed by atoms with E-state index in [2.05, 4.69) is 0 Å². The molecule has 0 atom stereocenters. The van der Waals surface area contributed by atoms with Gasteiger partial charge in [0.2, 0.25) is 0 Å². The smallest absolute Gasteiger partial charge is 0.319 e. The van der Waals surface area contributed by atoms with Crippen molar-refractivity contribution in [3.8, 4) is 0 Å². The van der Waals surface area contributed by atoms with Crippen LogP contribution in [-0.4, -0.2) is 21.1 Å². The number of carbonyl (C=O) groups excluding carboxylic acids is 2.